The van der Waals surface area contributed by atoms with E-state index in [-0.39, 0.29) is 36.7 Å². The van der Waals surface area contributed by atoms with Crippen molar-refractivity contribution in [1.29, 1.82) is 0 Å². The predicted molar refractivity (Wildman–Crippen MR) is 117 cm³/mol. The van der Waals surface area contributed by atoms with Gasteiger partial charge in [0.1, 0.15) is 23.0 Å². The van der Waals surface area contributed by atoms with Crippen LogP contribution in [0.25, 0.3) is 0 Å². The summed E-state index contributed by atoms with van der Waals surface area (Å²) in [6, 6.07) is 11.9. The van der Waals surface area contributed by atoms with Gasteiger partial charge in [0, 0.05) is 5.56 Å². The molecule has 2 fully saturated rings. The summed E-state index contributed by atoms with van der Waals surface area (Å²) in [5, 5.41) is 9.24. The second-order valence-electron chi connectivity index (χ2n) is 9.18. The van der Waals surface area contributed by atoms with E-state index in [9.17, 15) is 14.3 Å². The van der Waals surface area contributed by atoms with E-state index in [2.05, 4.69) is 0 Å². The Morgan fingerprint density at radius 2 is 1.88 bits per heavy atom. The molecular weight excluding hydrogens is 414 g/mol. The van der Waals surface area contributed by atoms with Crippen LogP contribution in [0.15, 0.2) is 42.5 Å². The molecule has 2 saturated carbocycles. The summed E-state index contributed by atoms with van der Waals surface area (Å²) in [7, 11) is 1.49. The molecule has 2 aromatic carbocycles. The smallest absolute Gasteiger partial charge is 0.303 e. The number of carboxylic acid groups (broad SMARTS) is 1. The van der Waals surface area contributed by atoms with Crippen LogP contribution in [0.4, 0.5) is 8.78 Å². The highest BCUT2D eigenvalue weighted by atomic mass is 19.1. The van der Waals surface area contributed by atoms with Gasteiger partial charge in [0.25, 0.3) is 0 Å². The van der Waals surface area contributed by atoms with Gasteiger partial charge in [0.15, 0.2) is 0 Å². The number of aliphatic carboxylic acids is 1. The number of rotatable bonds is 9. The van der Waals surface area contributed by atoms with Gasteiger partial charge < -0.3 is 14.6 Å². The highest BCUT2D eigenvalue weighted by Gasteiger charge is 2.39. The molecule has 2 aliphatic rings. The third-order valence-electron chi connectivity index (χ3n) is 6.91. The molecule has 1 unspecified atom stereocenters. The zero-order chi connectivity index (χ0) is 22.7. The number of methoxy groups -OCH3 is 1. The molecule has 0 aliphatic heterocycles. The normalized spacial score (nSPS) is 24.0. The molecule has 6 heteroatoms. The summed E-state index contributed by atoms with van der Waals surface area (Å²) in [6.07, 6.45) is 3.98. The predicted octanol–water partition coefficient (Wildman–Crippen LogP) is 6.24. The maximum Gasteiger partial charge on any atom is 0.303 e. The highest BCUT2D eigenvalue weighted by molar-refractivity contribution is 5.68. The lowest BCUT2D eigenvalue weighted by atomic mass is 9.76. The molecular formula is C26H30F2O4. The molecule has 172 valence electrons. The van der Waals surface area contributed by atoms with Crippen molar-refractivity contribution in [3.05, 3.63) is 59.4 Å². The van der Waals surface area contributed by atoms with Gasteiger partial charge in [-0.2, -0.15) is 0 Å². The second-order valence-corrected chi connectivity index (χ2v) is 9.18. The summed E-state index contributed by atoms with van der Waals surface area (Å²) in [5.41, 5.74) is -0.607. The molecule has 1 atom stereocenters. The van der Waals surface area contributed by atoms with E-state index in [1.54, 1.807) is 0 Å². The number of halogens is 2. The topological polar surface area (TPSA) is 55.8 Å². The minimum atomic E-state index is -1.69. The summed E-state index contributed by atoms with van der Waals surface area (Å²) in [6.45, 7) is 0.465. The van der Waals surface area contributed by atoms with Crippen molar-refractivity contribution >= 4 is 5.97 Å². The number of carboxylic acids is 1. The fourth-order valence-corrected chi connectivity index (χ4v) is 4.84. The van der Waals surface area contributed by atoms with Crippen molar-refractivity contribution in [2.75, 3.05) is 13.7 Å². The Hall–Kier alpha value is -2.63. The van der Waals surface area contributed by atoms with Crippen LogP contribution in [0.3, 0.4) is 0 Å². The first-order valence-electron chi connectivity index (χ1n) is 11.4. The molecule has 0 saturated heterocycles. The molecule has 4 rings (SSSR count). The minimum absolute atomic E-state index is 0.0237. The van der Waals surface area contributed by atoms with Crippen molar-refractivity contribution in [3.63, 3.8) is 0 Å². The Morgan fingerprint density at radius 1 is 1.12 bits per heavy atom. The third-order valence-corrected chi connectivity index (χ3v) is 6.91. The molecule has 0 bridgehead atoms. The lowest BCUT2D eigenvalue weighted by Gasteiger charge is -2.34. The quantitative estimate of drug-likeness (QED) is 0.498. The van der Waals surface area contributed by atoms with E-state index in [0.717, 1.165) is 24.2 Å². The maximum absolute atomic E-state index is 15.6. The van der Waals surface area contributed by atoms with E-state index in [1.807, 2.05) is 24.3 Å². The summed E-state index contributed by atoms with van der Waals surface area (Å²) < 4.78 is 41.0. The van der Waals surface area contributed by atoms with Gasteiger partial charge in [-0.3, -0.25) is 4.79 Å². The van der Waals surface area contributed by atoms with E-state index in [0.29, 0.717) is 31.1 Å². The maximum atomic E-state index is 15.6. The van der Waals surface area contributed by atoms with Crippen LogP contribution in [0.5, 0.6) is 11.5 Å². The molecule has 2 aliphatic carbocycles. The van der Waals surface area contributed by atoms with Crippen molar-refractivity contribution in [3.8, 4) is 11.5 Å². The summed E-state index contributed by atoms with van der Waals surface area (Å²) in [5.74, 6) is 0.508. The van der Waals surface area contributed by atoms with Crippen molar-refractivity contribution < 1.29 is 28.2 Å². The monoisotopic (exact) mass is 444 g/mol. The lowest BCUT2D eigenvalue weighted by Crippen LogP contribution is -2.30. The second kappa shape index (κ2) is 9.47. The van der Waals surface area contributed by atoms with Crippen LogP contribution in [0.1, 0.15) is 62.0 Å². The van der Waals surface area contributed by atoms with Crippen molar-refractivity contribution in [2.45, 2.75) is 56.5 Å². The summed E-state index contributed by atoms with van der Waals surface area (Å²) in [4.78, 5) is 11.3. The molecule has 32 heavy (non-hydrogen) atoms. The van der Waals surface area contributed by atoms with E-state index in [1.165, 1.54) is 25.3 Å². The molecule has 0 spiro atoms. The van der Waals surface area contributed by atoms with Gasteiger partial charge >= 0.3 is 5.97 Å². The van der Waals surface area contributed by atoms with Crippen LogP contribution in [0, 0.1) is 17.7 Å². The number of carbonyl (C=O) groups is 1. The van der Waals surface area contributed by atoms with Crippen molar-refractivity contribution in [2.24, 2.45) is 11.8 Å². The molecule has 0 amide bonds. The Morgan fingerprint density at radius 3 is 2.53 bits per heavy atom. The minimum Gasteiger partial charge on any atom is -0.497 e. The third kappa shape index (κ3) is 5.22. The number of benzene rings is 2. The van der Waals surface area contributed by atoms with Gasteiger partial charge in [0.05, 0.1) is 20.1 Å². The first-order valence-corrected chi connectivity index (χ1v) is 11.4. The lowest BCUT2D eigenvalue weighted by molar-refractivity contribution is -0.137. The number of hydrogen-bond acceptors (Lipinski definition) is 3. The molecule has 4 nitrogen and oxygen atoms in total. The molecule has 0 aromatic heterocycles. The molecule has 1 N–H and O–H groups in total. The largest absolute Gasteiger partial charge is 0.497 e. The van der Waals surface area contributed by atoms with E-state index >= 15 is 4.39 Å². The Bertz CT molecular complexity index is 949. The van der Waals surface area contributed by atoms with Gasteiger partial charge in [0.2, 0.25) is 0 Å². The number of alkyl halides is 1. The average molecular weight is 445 g/mol. The first kappa shape index (κ1) is 22.6. The van der Waals surface area contributed by atoms with E-state index in [4.69, 9.17) is 9.47 Å². The fraction of sp³-hybridized carbons (Fsp3) is 0.500. The number of ether oxygens (including phenoxy) is 2. The fourth-order valence-electron chi connectivity index (χ4n) is 4.84. The molecule has 2 aromatic rings. The van der Waals surface area contributed by atoms with Gasteiger partial charge in [-0.05, 0) is 92.2 Å². The molecule has 0 radical (unpaired) electrons. The van der Waals surface area contributed by atoms with Gasteiger partial charge in [-0.25, -0.2) is 8.78 Å². The van der Waals surface area contributed by atoms with Gasteiger partial charge in [-0.15, -0.1) is 0 Å². The highest BCUT2D eigenvalue weighted by Crippen LogP contribution is 2.46. The Labute approximate surface area is 187 Å². The van der Waals surface area contributed by atoms with Crippen LogP contribution in [0.2, 0.25) is 0 Å². The summed E-state index contributed by atoms with van der Waals surface area (Å²) >= 11 is 0. The Kier molecular flexibility index (Phi) is 6.68. The van der Waals surface area contributed by atoms with Crippen molar-refractivity contribution in [1.82, 2.24) is 0 Å². The Balaban J connectivity index is 1.35. The standard InChI is InChI=1S/C26H30F2O4/c1-31-20-7-8-24(27)23(14-20)26(28)11-9-17(10-12-26)16-32-21-4-2-3-19(13-21)22(15-25(29)30)18-5-6-18/h2-4,7-8,13-14,17-18,22H,5-6,9-12,15-16H2,1H3,(H,29,30). The zero-order valence-electron chi connectivity index (χ0n) is 18.4. The first-order chi connectivity index (χ1) is 15.4. The van der Waals surface area contributed by atoms with Crippen LogP contribution in [-0.4, -0.2) is 24.8 Å². The van der Waals surface area contributed by atoms with Gasteiger partial charge in [-0.1, -0.05) is 12.1 Å². The van der Waals surface area contributed by atoms with Crippen LogP contribution < -0.4 is 9.47 Å². The zero-order valence-corrected chi connectivity index (χ0v) is 18.4. The number of hydrogen-bond donors (Lipinski definition) is 1. The SMILES string of the molecule is COc1ccc(F)c(C2(F)CCC(COc3cccc(C(CC(=O)O)C4CC4)c3)CC2)c1. The van der Waals surface area contributed by atoms with E-state index < -0.39 is 17.5 Å². The average Bonchev–Trinajstić information content (AvgIpc) is 3.63. The molecule has 0 heterocycles. The van der Waals surface area contributed by atoms with Crippen LogP contribution >= 0.6 is 0 Å². The van der Waals surface area contributed by atoms with Crippen LogP contribution in [-0.2, 0) is 10.5 Å².